The first-order valence-corrected chi connectivity index (χ1v) is 4.21. The summed E-state index contributed by atoms with van der Waals surface area (Å²) in [5.74, 6) is 0.0816. The van der Waals surface area contributed by atoms with E-state index in [1.165, 1.54) is 0 Å². The number of aryl methyl sites for hydroxylation is 1. The van der Waals surface area contributed by atoms with Gasteiger partial charge in [-0.2, -0.15) is 0 Å². The van der Waals surface area contributed by atoms with Crippen LogP contribution in [0, 0.1) is 6.92 Å². The largest absolute Gasteiger partial charge is 0.348 e. The Morgan fingerprint density at radius 3 is 2.77 bits per heavy atom. The summed E-state index contributed by atoms with van der Waals surface area (Å²) >= 11 is 0. The molecule has 1 amide bonds. The molecule has 0 bridgehead atoms. The van der Waals surface area contributed by atoms with Gasteiger partial charge in [-0.05, 0) is 24.6 Å². The Kier molecular flexibility index (Phi) is 3.01. The highest BCUT2D eigenvalue weighted by molar-refractivity contribution is 5.77. The number of nitrogens with zero attached hydrogens (tertiary/aromatic N) is 2. The monoisotopic (exact) mass is 178 g/mol. The second-order valence-corrected chi connectivity index (χ2v) is 3.29. The molecule has 1 rings (SSSR count). The lowest BCUT2D eigenvalue weighted by atomic mass is 10.2. The summed E-state index contributed by atoms with van der Waals surface area (Å²) in [6.07, 6.45) is 2.11. The van der Waals surface area contributed by atoms with E-state index < -0.39 is 0 Å². The zero-order chi connectivity index (χ0) is 9.84. The maximum atomic E-state index is 11.3. The van der Waals surface area contributed by atoms with E-state index in [1.54, 1.807) is 25.2 Å². The Morgan fingerprint density at radius 1 is 1.54 bits per heavy atom. The predicted molar refractivity (Wildman–Crippen MR) is 51.4 cm³/mol. The molecule has 0 N–H and O–H groups in total. The first-order chi connectivity index (χ1) is 6.09. The summed E-state index contributed by atoms with van der Waals surface area (Å²) in [6.45, 7) is 1.99. The van der Waals surface area contributed by atoms with Crippen LogP contribution in [0.1, 0.15) is 11.3 Å². The van der Waals surface area contributed by atoms with Gasteiger partial charge in [0.25, 0.3) is 0 Å². The van der Waals surface area contributed by atoms with E-state index >= 15 is 0 Å². The Hall–Kier alpha value is -1.38. The van der Waals surface area contributed by atoms with Crippen LogP contribution >= 0.6 is 0 Å². The van der Waals surface area contributed by atoms with E-state index in [9.17, 15) is 4.79 Å². The van der Waals surface area contributed by atoms with Gasteiger partial charge in [-0.1, -0.05) is 0 Å². The van der Waals surface area contributed by atoms with Gasteiger partial charge in [0.05, 0.1) is 6.42 Å². The van der Waals surface area contributed by atoms with Gasteiger partial charge in [-0.3, -0.25) is 9.78 Å². The van der Waals surface area contributed by atoms with Crippen LogP contribution in [0.3, 0.4) is 0 Å². The zero-order valence-electron chi connectivity index (χ0n) is 8.24. The van der Waals surface area contributed by atoms with E-state index in [1.807, 2.05) is 19.1 Å². The highest BCUT2D eigenvalue weighted by atomic mass is 16.2. The summed E-state index contributed by atoms with van der Waals surface area (Å²) in [7, 11) is 3.50. The third-order valence-electron chi connectivity index (χ3n) is 1.80. The van der Waals surface area contributed by atoms with Gasteiger partial charge < -0.3 is 4.90 Å². The van der Waals surface area contributed by atoms with Crippen molar-refractivity contribution in [1.29, 1.82) is 0 Å². The summed E-state index contributed by atoms with van der Waals surface area (Å²) in [4.78, 5) is 17.0. The lowest BCUT2D eigenvalue weighted by molar-refractivity contribution is -0.128. The first-order valence-electron chi connectivity index (χ1n) is 4.21. The maximum absolute atomic E-state index is 11.3. The van der Waals surface area contributed by atoms with Gasteiger partial charge in [0, 0.05) is 26.0 Å². The number of pyridine rings is 1. The van der Waals surface area contributed by atoms with Gasteiger partial charge in [0.2, 0.25) is 5.91 Å². The second-order valence-electron chi connectivity index (χ2n) is 3.29. The Balaban J connectivity index is 2.69. The van der Waals surface area contributed by atoms with Crippen molar-refractivity contribution in [3.63, 3.8) is 0 Å². The summed E-state index contributed by atoms with van der Waals surface area (Å²) in [5, 5.41) is 0. The molecule has 0 aromatic carbocycles. The normalized spacial score (nSPS) is 9.77. The van der Waals surface area contributed by atoms with Gasteiger partial charge in [-0.15, -0.1) is 0 Å². The topological polar surface area (TPSA) is 33.2 Å². The molecule has 70 valence electrons. The molecular weight excluding hydrogens is 164 g/mol. The SMILES string of the molecule is Cc1ccnc(CC(=O)N(C)C)c1. The van der Waals surface area contributed by atoms with Crippen LogP contribution in [0.2, 0.25) is 0 Å². The summed E-state index contributed by atoms with van der Waals surface area (Å²) < 4.78 is 0. The molecule has 0 spiro atoms. The average Bonchev–Trinajstić information content (AvgIpc) is 2.04. The maximum Gasteiger partial charge on any atom is 0.228 e. The van der Waals surface area contributed by atoms with Gasteiger partial charge in [-0.25, -0.2) is 0 Å². The molecule has 0 saturated heterocycles. The molecule has 1 aromatic heterocycles. The van der Waals surface area contributed by atoms with Crippen LogP contribution in [0.5, 0.6) is 0 Å². The molecule has 3 nitrogen and oxygen atoms in total. The Bertz CT molecular complexity index is 308. The summed E-state index contributed by atoms with van der Waals surface area (Å²) in [6, 6.07) is 3.85. The highest BCUT2D eigenvalue weighted by Crippen LogP contribution is 2.01. The lowest BCUT2D eigenvalue weighted by Crippen LogP contribution is -2.23. The van der Waals surface area contributed by atoms with Gasteiger partial charge in [0.1, 0.15) is 0 Å². The third-order valence-corrected chi connectivity index (χ3v) is 1.80. The zero-order valence-corrected chi connectivity index (χ0v) is 8.24. The minimum Gasteiger partial charge on any atom is -0.348 e. The fraction of sp³-hybridized carbons (Fsp3) is 0.400. The van der Waals surface area contributed by atoms with E-state index in [4.69, 9.17) is 0 Å². The molecule has 13 heavy (non-hydrogen) atoms. The molecule has 3 heteroatoms. The molecule has 0 fully saturated rings. The Morgan fingerprint density at radius 2 is 2.23 bits per heavy atom. The number of likely N-dealkylation sites (N-methyl/N-ethyl adjacent to an activating group) is 1. The highest BCUT2D eigenvalue weighted by Gasteiger charge is 2.05. The lowest BCUT2D eigenvalue weighted by Gasteiger charge is -2.09. The molecule has 0 atom stereocenters. The van der Waals surface area contributed by atoms with E-state index in [0.717, 1.165) is 11.3 Å². The molecule has 0 aliphatic heterocycles. The van der Waals surface area contributed by atoms with Gasteiger partial charge >= 0.3 is 0 Å². The minimum atomic E-state index is 0.0816. The van der Waals surface area contributed by atoms with Crippen LogP contribution < -0.4 is 0 Å². The first kappa shape index (κ1) is 9.71. The number of carbonyl (C=O) groups is 1. The molecule has 0 saturated carbocycles. The van der Waals surface area contributed by atoms with Crippen molar-refractivity contribution in [2.75, 3.05) is 14.1 Å². The molecule has 0 radical (unpaired) electrons. The number of hydrogen-bond donors (Lipinski definition) is 0. The van der Waals surface area contributed by atoms with Crippen LogP contribution in [-0.2, 0) is 11.2 Å². The van der Waals surface area contributed by atoms with Crippen molar-refractivity contribution in [2.24, 2.45) is 0 Å². The Labute approximate surface area is 78.4 Å². The molecule has 0 unspecified atom stereocenters. The van der Waals surface area contributed by atoms with Crippen molar-refractivity contribution in [3.8, 4) is 0 Å². The van der Waals surface area contributed by atoms with E-state index in [2.05, 4.69) is 4.98 Å². The summed E-state index contributed by atoms with van der Waals surface area (Å²) in [5.41, 5.74) is 1.97. The minimum absolute atomic E-state index is 0.0816. The van der Waals surface area contributed by atoms with Crippen LogP contribution in [0.4, 0.5) is 0 Å². The fourth-order valence-electron chi connectivity index (χ4n) is 1.01. The van der Waals surface area contributed by atoms with Crippen LogP contribution in [0.15, 0.2) is 18.3 Å². The number of rotatable bonds is 2. The second kappa shape index (κ2) is 4.03. The molecular formula is C10H14N2O. The smallest absolute Gasteiger partial charge is 0.228 e. The van der Waals surface area contributed by atoms with E-state index in [-0.39, 0.29) is 5.91 Å². The molecule has 1 aromatic rings. The number of hydrogen-bond acceptors (Lipinski definition) is 2. The fourth-order valence-corrected chi connectivity index (χ4v) is 1.01. The van der Waals surface area contributed by atoms with Crippen molar-refractivity contribution in [3.05, 3.63) is 29.6 Å². The standard InChI is InChI=1S/C10H14N2O/c1-8-4-5-11-9(6-8)7-10(13)12(2)3/h4-6H,7H2,1-3H3. The number of aromatic nitrogens is 1. The number of carbonyl (C=O) groups excluding carboxylic acids is 1. The quantitative estimate of drug-likeness (QED) is 0.677. The predicted octanol–water partition coefficient (Wildman–Crippen LogP) is 1.02. The molecule has 0 aliphatic carbocycles. The molecule has 1 heterocycles. The van der Waals surface area contributed by atoms with Crippen LogP contribution in [0.25, 0.3) is 0 Å². The van der Waals surface area contributed by atoms with Crippen molar-refractivity contribution >= 4 is 5.91 Å². The average molecular weight is 178 g/mol. The van der Waals surface area contributed by atoms with Crippen molar-refractivity contribution in [2.45, 2.75) is 13.3 Å². The molecule has 0 aliphatic rings. The number of amides is 1. The third kappa shape index (κ3) is 2.86. The van der Waals surface area contributed by atoms with Crippen molar-refractivity contribution < 1.29 is 4.79 Å². The van der Waals surface area contributed by atoms with Gasteiger partial charge in [0.15, 0.2) is 0 Å². The van der Waals surface area contributed by atoms with Crippen molar-refractivity contribution in [1.82, 2.24) is 9.88 Å². The van der Waals surface area contributed by atoms with Crippen LogP contribution in [-0.4, -0.2) is 29.9 Å². The van der Waals surface area contributed by atoms with E-state index in [0.29, 0.717) is 6.42 Å².